The number of methoxy groups -OCH3 is 1. The van der Waals surface area contributed by atoms with Crippen molar-refractivity contribution in [1.82, 2.24) is 4.90 Å². The first-order valence-corrected chi connectivity index (χ1v) is 11.6. The van der Waals surface area contributed by atoms with E-state index in [0.29, 0.717) is 29.6 Å². The van der Waals surface area contributed by atoms with Gasteiger partial charge < -0.3 is 19.5 Å². The van der Waals surface area contributed by atoms with E-state index < -0.39 is 17.7 Å². The van der Waals surface area contributed by atoms with Gasteiger partial charge in [-0.05, 0) is 48.6 Å². The van der Waals surface area contributed by atoms with Crippen molar-refractivity contribution < 1.29 is 24.2 Å². The predicted octanol–water partition coefficient (Wildman–Crippen LogP) is 5.09. The Bertz CT molecular complexity index is 1070. The van der Waals surface area contributed by atoms with Crippen LogP contribution in [0.5, 0.6) is 11.5 Å². The van der Waals surface area contributed by atoms with Crippen LogP contribution in [0.3, 0.4) is 0 Å². The number of carbonyl (C=O) groups excluding carboxylic acids is 2. The van der Waals surface area contributed by atoms with Gasteiger partial charge in [0.15, 0.2) is 0 Å². The number of nitrogens with zero attached hydrogens (tertiary/aromatic N) is 1. The van der Waals surface area contributed by atoms with Gasteiger partial charge in [0.2, 0.25) is 0 Å². The van der Waals surface area contributed by atoms with Gasteiger partial charge in [0.1, 0.15) is 17.3 Å². The van der Waals surface area contributed by atoms with E-state index in [4.69, 9.17) is 9.47 Å². The number of ether oxygens (including phenoxy) is 2. The molecule has 174 valence electrons. The molecule has 6 heteroatoms. The molecule has 1 N–H and O–H groups in total. The first-order valence-electron chi connectivity index (χ1n) is 11.6. The van der Waals surface area contributed by atoms with E-state index >= 15 is 0 Å². The maximum absolute atomic E-state index is 13.3. The Morgan fingerprint density at radius 1 is 1.06 bits per heavy atom. The van der Waals surface area contributed by atoms with E-state index in [1.165, 1.54) is 0 Å². The van der Waals surface area contributed by atoms with Crippen LogP contribution in [0.2, 0.25) is 0 Å². The van der Waals surface area contributed by atoms with Crippen LogP contribution in [0.1, 0.15) is 56.7 Å². The molecule has 6 nitrogen and oxygen atoms in total. The number of hydrogen-bond acceptors (Lipinski definition) is 5. The molecule has 1 heterocycles. The third kappa shape index (κ3) is 4.61. The van der Waals surface area contributed by atoms with Crippen LogP contribution in [-0.4, -0.2) is 41.5 Å². The Morgan fingerprint density at radius 2 is 1.76 bits per heavy atom. The number of carbonyl (C=O) groups is 2. The number of hydrogen-bond donors (Lipinski definition) is 1. The molecule has 1 unspecified atom stereocenters. The summed E-state index contributed by atoms with van der Waals surface area (Å²) in [5.41, 5.74) is 1.31. The Balaban J connectivity index is 1.81. The number of Topliss-reactive ketones (excluding diaryl/α,β-unsaturated/α-hetero) is 1. The highest BCUT2D eigenvalue weighted by Crippen LogP contribution is 2.44. The summed E-state index contributed by atoms with van der Waals surface area (Å²) in [6, 6.07) is 13.7. The van der Waals surface area contributed by atoms with Crippen LogP contribution >= 0.6 is 0 Å². The summed E-state index contributed by atoms with van der Waals surface area (Å²) in [5.74, 6) is 0.206. The minimum atomic E-state index is -0.663. The van der Waals surface area contributed by atoms with Gasteiger partial charge in [-0.25, -0.2) is 0 Å². The lowest BCUT2D eigenvalue weighted by molar-refractivity contribution is -0.141. The maximum Gasteiger partial charge on any atom is 0.295 e. The fourth-order valence-corrected chi connectivity index (χ4v) is 4.70. The fourth-order valence-electron chi connectivity index (χ4n) is 4.70. The molecule has 0 aromatic heterocycles. The number of benzene rings is 2. The number of ketones is 1. The summed E-state index contributed by atoms with van der Waals surface area (Å²) < 4.78 is 11.2. The molecular weight excluding hydrogens is 418 g/mol. The number of aliphatic hydroxyl groups excluding tert-OH is 1. The molecule has 4 rings (SSSR count). The van der Waals surface area contributed by atoms with Gasteiger partial charge in [0.05, 0.1) is 25.3 Å². The topological polar surface area (TPSA) is 76.1 Å². The van der Waals surface area contributed by atoms with Crippen molar-refractivity contribution in [2.24, 2.45) is 5.92 Å². The van der Waals surface area contributed by atoms with Crippen LogP contribution in [0.15, 0.2) is 54.1 Å². The highest BCUT2D eigenvalue weighted by Gasteiger charge is 2.49. The quantitative estimate of drug-likeness (QED) is 0.362. The second-order valence-electron chi connectivity index (χ2n) is 9.15. The van der Waals surface area contributed by atoms with Gasteiger partial charge >= 0.3 is 0 Å². The van der Waals surface area contributed by atoms with Gasteiger partial charge in [-0.3, -0.25) is 9.59 Å². The van der Waals surface area contributed by atoms with Crippen molar-refractivity contribution in [3.63, 3.8) is 0 Å². The molecule has 2 fully saturated rings. The summed E-state index contributed by atoms with van der Waals surface area (Å²) in [6.07, 6.45) is 3.75. The zero-order valence-electron chi connectivity index (χ0n) is 19.4. The van der Waals surface area contributed by atoms with E-state index in [-0.39, 0.29) is 17.4 Å². The Kier molecular flexibility index (Phi) is 6.72. The molecule has 0 spiro atoms. The maximum atomic E-state index is 13.3. The molecular formula is C27H31NO5. The molecule has 0 bridgehead atoms. The van der Waals surface area contributed by atoms with Crippen LogP contribution in [0.25, 0.3) is 5.76 Å². The molecule has 0 radical (unpaired) electrons. The highest BCUT2D eigenvalue weighted by atomic mass is 16.5. The van der Waals surface area contributed by atoms with Gasteiger partial charge in [-0.1, -0.05) is 51.0 Å². The monoisotopic (exact) mass is 449 g/mol. The summed E-state index contributed by atoms with van der Waals surface area (Å²) >= 11 is 0. The molecule has 1 amide bonds. The SMILES string of the molecule is COc1cccc(C2/C(=C(/O)c3cccc(OCC(C)C)c3)C(=O)C(=O)N2C2CCCC2)c1. The minimum Gasteiger partial charge on any atom is -0.507 e. The molecule has 2 aromatic rings. The van der Waals surface area contributed by atoms with E-state index in [2.05, 4.69) is 13.8 Å². The second-order valence-corrected chi connectivity index (χ2v) is 9.15. The van der Waals surface area contributed by atoms with Crippen molar-refractivity contribution in [2.75, 3.05) is 13.7 Å². The molecule has 2 aromatic carbocycles. The summed E-state index contributed by atoms with van der Waals surface area (Å²) in [5, 5.41) is 11.3. The molecule has 33 heavy (non-hydrogen) atoms. The third-order valence-corrected chi connectivity index (χ3v) is 6.30. The Labute approximate surface area is 194 Å². The molecule has 1 atom stereocenters. The van der Waals surface area contributed by atoms with Gasteiger partial charge in [0, 0.05) is 11.6 Å². The molecule has 1 aliphatic carbocycles. The zero-order valence-corrected chi connectivity index (χ0v) is 19.4. The normalized spacial score (nSPS) is 20.6. The zero-order chi connectivity index (χ0) is 23.5. The average molecular weight is 450 g/mol. The van der Waals surface area contributed by atoms with Crippen molar-refractivity contribution >= 4 is 17.4 Å². The number of rotatable bonds is 7. The lowest BCUT2D eigenvalue weighted by Gasteiger charge is -2.31. The summed E-state index contributed by atoms with van der Waals surface area (Å²) in [7, 11) is 1.58. The standard InChI is InChI=1S/C27H31NO5/c1-17(2)16-33-22-13-7-9-19(15-22)25(29)23-24(18-8-6-12-21(14-18)32-3)28(27(31)26(23)30)20-10-4-5-11-20/h6-9,12-15,17,20,24,29H,4-5,10-11,16H2,1-3H3/b25-23-. The van der Waals surface area contributed by atoms with Crippen molar-refractivity contribution in [3.05, 3.63) is 65.2 Å². The molecule has 1 saturated carbocycles. The Hall–Kier alpha value is -3.28. The highest BCUT2D eigenvalue weighted by molar-refractivity contribution is 6.46. The van der Waals surface area contributed by atoms with E-state index in [1.54, 1.807) is 30.2 Å². The number of amides is 1. The third-order valence-electron chi connectivity index (χ3n) is 6.30. The van der Waals surface area contributed by atoms with E-state index in [0.717, 1.165) is 31.2 Å². The largest absolute Gasteiger partial charge is 0.507 e. The number of aliphatic hydroxyl groups is 1. The Morgan fingerprint density at radius 3 is 2.45 bits per heavy atom. The van der Waals surface area contributed by atoms with Crippen molar-refractivity contribution in [2.45, 2.75) is 51.6 Å². The lowest BCUT2D eigenvalue weighted by atomic mass is 9.94. The first kappa shape index (κ1) is 22.9. The van der Waals surface area contributed by atoms with Crippen LogP contribution in [0, 0.1) is 5.92 Å². The van der Waals surface area contributed by atoms with Gasteiger partial charge in [0.25, 0.3) is 11.7 Å². The fraction of sp³-hybridized carbons (Fsp3) is 0.407. The average Bonchev–Trinajstić information content (AvgIpc) is 3.44. The van der Waals surface area contributed by atoms with E-state index in [1.807, 2.05) is 30.3 Å². The van der Waals surface area contributed by atoms with Gasteiger partial charge in [-0.2, -0.15) is 0 Å². The lowest BCUT2D eigenvalue weighted by Crippen LogP contribution is -2.37. The van der Waals surface area contributed by atoms with E-state index in [9.17, 15) is 14.7 Å². The molecule has 1 aliphatic heterocycles. The van der Waals surface area contributed by atoms with Crippen LogP contribution in [0.4, 0.5) is 0 Å². The summed E-state index contributed by atoms with van der Waals surface area (Å²) in [6.45, 7) is 4.66. The second kappa shape index (κ2) is 9.69. The van der Waals surface area contributed by atoms with Crippen LogP contribution < -0.4 is 9.47 Å². The first-order chi connectivity index (χ1) is 15.9. The molecule has 2 aliphatic rings. The minimum absolute atomic E-state index is 0.0244. The van der Waals surface area contributed by atoms with Gasteiger partial charge in [-0.15, -0.1) is 0 Å². The number of likely N-dealkylation sites (tertiary alicyclic amines) is 1. The molecule has 1 saturated heterocycles. The smallest absolute Gasteiger partial charge is 0.295 e. The van der Waals surface area contributed by atoms with Crippen LogP contribution in [-0.2, 0) is 9.59 Å². The summed E-state index contributed by atoms with van der Waals surface area (Å²) in [4.78, 5) is 28.1. The van der Waals surface area contributed by atoms with Crippen molar-refractivity contribution in [3.8, 4) is 11.5 Å². The predicted molar refractivity (Wildman–Crippen MR) is 126 cm³/mol. The van der Waals surface area contributed by atoms with Crippen molar-refractivity contribution in [1.29, 1.82) is 0 Å².